The van der Waals surface area contributed by atoms with Gasteiger partial charge in [-0.3, -0.25) is 4.99 Å². The molecule has 4 aromatic carbocycles. The Hall–Kier alpha value is -4.55. The lowest BCUT2D eigenvalue weighted by Crippen LogP contribution is -2.43. The van der Waals surface area contributed by atoms with E-state index in [-0.39, 0.29) is 17.4 Å². The Labute approximate surface area is 280 Å². The van der Waals surface area contributed by atoms with Crippen LogP contribution in [-0.2, 0) is 16.0 Å². The van der Waals surface area contributed by atoms with E-state index in [4.69, 9.17) is 19.1 Å². The van der Waals surface area contributed by atoms with E-state index in [2.05, 4.69) is 58.1 Å². The first-order valence-electron chi connectivity index (χ1n) is 16.3. The van der Waals surface area contributed by atoms with Gasteiger partial charge in [0.25, 0.3) is 8.32 Å². The van der Waals surface area contributed by atoms with Crippen molar-refractivity contribution < 1.29 is 14.0 Å². The number of fused-ring (bicyclic) bond motifs is 1. The second-order valence-electron chi connectivity index (χ2n) is 14.5. The second-order valence-corrected chi connectivity index (χ2v) is 19.2. The number of nitrogens with zero attached hydrogens (tertiary/aromatic N) is 2. The van der Waals surface area contributed by atoms with E-state index in [9.17, 15) is 4.79 Å². The van der Waals surface area contributed by atoms with Gasteiger partial charge < -0.3 is 9.16 Å². The van der Waals surface area contributed by atoms with E-state index in [1.807, 2.05) is 112 Å². The molecule has 0 unspecified atom stereocenters. The van der Waals surface area contributed by atoms with E-state index in [0.717, 1.165) is 50.3 Å². The molecule has 0 amide bonds. The van der Waals surface area contributed by atoms with Crippen molar-refractivity contribution in [3.63, 3.8) is 0 Å². The monoisotopic (exact) mass is 642 g/mol. The fraction of sp³-hybridized carbons (Fsp3) is 0.293. The summed E-state index contributed by atoms with van der Waals surface area (Å²) in [7, 11) is -2.19. The number of esters is 1. The average Bonchev–Trinajstić information content (AvgIpc) is 3.03. The van der Waals surface area contributed by atoms with Gasteiger partial charge in [0, 0.05) is 28.6 Å². The lowest BCUT2D eigenvalue weighted by atomic mass is 9.99. The van der Waals surface area contributed by atoms with Gasteiger partial charge in [-0.05, 0) is 68.2 Å². The van der Waals surface area contributed by atoms with Crippen molar-refractivity contribution in [2.45, 2.75) is 77.7 Å². The average molecular weight is 643 g/mol. The summed E-state index contributed by atoms with van der Waals surface area (Å²) in [6.07, 6.45) is 0.267. The van der Waals surface area contributed by atoms with Gasteiger partial charge in [-0.15, -0.1) is 0 Å². The van der Waals surface area contributed by atoms with Crippen LogP contribution in [0.1, 0.15) is 58.4 Å². The molecule has 1 heterocycles. The van der Waals surface area contributed by atoms with Gasteiger partial charge in [0.05, 0.1) is 5.71 Å². The molecule has 0 saturated carbocycles. The summed E-state index contributed by atoms with van der Waals surface area (Å²) in [5.41, 5.74) is 5.63. The van der Waals surface area contributed by atoms with Crippen molar-refractivity contribution in [3.8, 4) is 16.9 Å². The molecule has 0 saturated heterocycles. The zero-order valence-corrected chi connectivity index (χ0v) is 29.9. The number of ether oxygens (including phenoxy) is 1. The summed E-state index contributed by atoms with van der Waals surface area (Å²) in [4.78, 5) is 24.2. The number of benzene rings is 4. The summed E-state index contributed by atoms with van der Waals surface area (Å²) in [6.45, 7) is 16.8. The van der Waals surface area contributed by atoms with Crippen LogP contribution in [0.4, 0.5) is 0 Å². The zero-order chi connectivity index (χ0) is 33.8. The molecule has 0 aliphatic rings. The molecule has 1 atom stereocenters. The van der Waals surface area contributed by atoms with E-state index < -0.39 is 20.0 Å². The number of pyridine rings is 1. The predicted molar refractivity (Wildman–Crippen MR) is 197 cm³/mol. The van der Waals surface area contributed by atoms with E-state index in [1.165, 1.54) is 0 Å². The van der Waals surface area contributed by atoms with Crippen LogP contribution in [0, 0.1) is 0 Å². The third kappa shape index (κ3) is 8.24. The molecule has 5 rings (SSSR count). The first-order valence-corrected chi connectivity index (χ1v) is 19.2. The highest BCUT2D eigenvalue weighted by atomic mass is 28.4. The van der Waals surface area contributed by atoms with Crippen LogP contribution in [0.3, 0.4) is 0 Å². The highest BCUT2D eigenvalue weighted by molar-refractivity contribution is 6.74. The largest absolute Gasteiger partial charge is 0.542 e. The number of aliphatic imine (C=N–C) groups is 1. The summed E-state index contributed by atoms with van der Waals surface area (Å²) in [6, 6.07) is 37.7. The highest BCUT2D eigenvalue weighted by Gasteiger charge is 2.39. The maximum Gasteiger partial charge on any atom is 0.331 e. The molecule has 0 bridgehead atoms. The first-order chi connectivity index (χ1) is 22.2. The van der Waals surface area contributed by atoms with Crippen molar-refractivity contribution in [3.05, 3.63) is 132 Å². The maximum absolute atomic E-state index is 13.9. The molecule has 1 aromatic heterocycles. The maximum atomic E-state index is 13.9. The minimum Gasteiger partial charge on any atom is -0.542 e. The quantitative estimate of drug-likeness (QED) is 0.0912. The molecular formula is C41H46N2O3Si. The highest BCUT2D eigenvalue weighted by Crippen LogP contribution is 2.41. The third-order valence-electron chi connectivity index (χ3n) is 8.59. The Morgan fingerprint density at radius 1 is 0.745 bits per heavy atom. The molecule has 242 valence electrons. The molecular weight excluding hydrogens is 597 g/mol. The van der Waals surface area contributed by atoms with Crippen molar-refractivity contribution in [2.75, 3.05) is 0 Å². The Morgan fingerprint density at radius 3 is 1.83 bits per heavy atom. The molecule has 0 N–H and O–H groups in total. The van der Waals surface area contributed by atoms with Crippen LogP contribution in [0.25, 0.3) is 22.0 Å². The molecule has 0 radical (unpaired) electrons. The SMILES string of the molecule is CC(C)(C)OC(=O)[C@H](Cc1ccc2c(-c3ccccc3)ccc(O[Si](C)(C)C(C)(C)C)c2n1)N=C(c1ccccc1)c1ccccc1. The summed E-state index contributed by atoms with van der Waals surface area (Å²) in [5.74, 6) is 0.374. The van der Waals surface area contributed by atoms with Crippen LogP contribution in [0.2, 0.25) is 18.1 Å². The predicted octanol–water partition coefficient (Wildman–Crippen LogP) is 10.1. The molecule has 5 aromatic rings. The Bertz CT molecular complexity index is 1810. The van der Waals surface area contributed by atoms with Crippen molar-refractivity contribution >= 4 is 30.9 Å². The van der Waals surface area contributed by atoms with Gasteiger partial charge in [-0.2, -0.15) is 0 Å². The topological polar surface area (TPSA) is 60.8 Å². The first kappa shape index (κ1) is 33.8. The van der Waals surface area contributed by atoms with Crippen molar-refractivity contribution in [1.82, 2.24) is 4.98 Å². The van der Waals surface area contributed by atoms with Gasteiger partial charge in [0.15, 0.2) is 6.04 Å². The second kappa shape index (κ2) is 13.7. The van der Waals surface area contributed by atoms with Crippen LogP contribution in [0.5, 0.6) is 5.75 Å². The third-order valence-corrected chi connectivity index (χ3v) is 12.9. The molecule has 5 nitrogen and oxygen atoms in total. The molecule has 0 aliphatic carbocycles. The van der Waals surface area contributed by atoms with Gasteiger partial charge in [0.1, 0.15) is 16.9 Å². The Balaban J connectivity index is 1.65. The van der Waals surface area contributed by atoms with E-state index in [1.54, 1.807) is 0 Å². The fourth-order valence-corrected chi connectivity index (χ4v) is 6.16. The summed E-state index contributed by atoms with van der Waals surface area (Å²) >= 11 is 0. The van der Waals surface area contributed by atoms with Crippen LogP contribution < -0.4 is 4.43 Å². The van der Waals surface area contributed by atoms with Crippen LogP contribution >= 0.6 is 0 Å². The van der Waals surface area contributed by atoms with Crippen molar-refractivity contribution in [2.24, 2.45) is 4.99 Å². The van der Waals surface area contributed by atoms with Gasteiger partial charge in [-0.25, -0.2) is 9.78 Å². The number of aromatic nitrogens is 1. The lowest BCUT2D eigenvalue weighted by Gasteiger charge is -2.36. The van der Waals surface area contributed by atoms with Gasteiger partial charge >= 0.3 is 5.97 Å². The van der Waals surface area contributed by atoms with Crippen LogP contribution in [-0.4, -0.2) is 36.6 Å². The molecule has 0 aliphatic heterocycles. The summed E-state index contributed by atoms with van der Waals surface area (Å²) in [5, 5.41) is 1.01. The Morgan fingerprint density at radius 2 is 1.30 bits per heavy atom. The summed E-state index contributed by atoms with van der Waals surface area (Å²) < 4.78 is 12.8. The minimum atomic E-state index is -2.19. The van der Waals surface area contributed by atoms with E-state index in [0.29, 0.717) is 0 Å². The van der Waals surface area contributed by atoms with Gasteiger partial charge in [-0.1, -0.05) is 118 Å². The van der Waals surface area contributed by atoms with E-state index >= 15 is 0 Å². The lowest BCUT2D eigenvalue weighted by molar-refractivity contribution is -0.156. The smallest absolute Gasteiger partial charge is 0.331 e. The Kier molecular flexibility index (Phi) is 9.83. The zero-order valence-electron chi connectivity index (χ0n) is 28.9. The standard InChI is InChI=1S/C41H46N2O3Si/c1-40(2,3)45-39(44)35(43-37(30-20-14-10-15-21-30)31-22-16-11-17-23-31)28-32-24-25-34-33(29-18-12-9-13-19-29)26-27-36(38(34)42-32)46-47(7,8)41(4,5)6/h9-27,35H,28H2,1-8H3/t35-/m0/s1. The fourth-order valence-electron chi connectivity index (χ4n) is 5.14. The van der Waals surface area contributed by atoms with Crippen LogP contribution in [0.15, 0.2) is 120 Å². The van der Waals surface area contributed by atoms with Crippen molar-refractivity contribution in [1.29, 1.82) is 0 Å². The molecule has 0 spiro atoms. The molecule has 6 heteroatoms. The number of hydrogen-bond acceptors (Lipinski definition) is 5. The normalized spacial score (nSPS) is 12.8. The number of hydrogen-bond donors (Lipinski definition) is 0. The number of carbonyl (C=O) groups is 1. The molecule has 47 heavy (non-hydrogen) atoms. The minimum absolute atomic E-state index is 0.0108. The number of rotatable bonds is 9. The molecule has 0 fully saturated rings. The van der Waals surface area contributed by atoms with Gasteiger partial charge in [0.2, 0.25) is 0 Å². The number of carbonyl (C=O) groups excluding carboxylic acids is 1.